The molecule has 0 unspecified atom stereocenters. The molecule has 10 rings (SSSR count). The second kappa shape index (κ2) is 10.5. The third-order valence-electron chi connectivity index (χ3n) is 9.45. The number of benzene rings is 8. The van der Waals surface area contributed by atoms with Crippen molar-refractivity contribution in [2.75, 3.05) is 4.90 Å². The monoisotopic (exact) mass is 633 g/mol. The smallest absolute Gasteiger partial charge is 0.0554 e. The average molecular weight is 634 g/mol. The lowest BCUT2D eigenvalue weighted by molar-refractivity contribution is 1.31. The van der Waals surface area contributed by atoms with Gasteiger partial charge in [0.25, 0.3) is 0 Å². The first-order chi connectivity index (χ1) is 23.3. The van der Waals surface area contributed by atoms with Crippen LogP contribution in [-0.4, -0.2) is 0 Å². The van der Waals surface area contributed by atoms with Gasteiger partial charge >= 0.3 is 0 Å². The molecule has 0 bridgehead atoms. The zero-order valence-corrected chi connectivity index (χ0v) is 27.0. The molecule has 0 atom stereocenters. The van der Waals surface area contributed by atoms with Crippen molar-refractivity contribution in [2.45, 2.75) is 0 Å². The first kappa shape index (κ1) is 26.7. The fourth-order valence-corrected chi connectivity index (χ4v) is 9.60. The second-order valence-corrected chi connectivity index (χ2v) is 14.3. The molecule has 0 N–H and O–H groups in total. The van der Waals surface area contributed by atoms with E-state index in [9.17, 15) is 0 Å². The summed E-state index contributed by atoms with van der Waals surface area (Å²) >= 11 is 3.75. The van der Waals surface area contributed by atoms with Gasteiger partial charge in [-0.1, -0.05) is 121 Å². The number of thiophene rings is 2. The van der Waals surface area contributed by atoms with Crippen molar-refractivity contribution in [2.24, 2.45) is 0 Å². The summed E-state index contributed by atoms with van der Waals surface area (Å²) in [4.78, 5) is 2.46. The highest BCUT2D eigenvalue weighted by Gasteiger charge is 2.20. The minimum absolute atomic E-state index is 1.14. The van der Waals surface area contributed by atoms with Gasteiger partial charge in [0, 0.05) is 57.1 Å². The molecule has 0 aliphatic carbocycles. The molecule has 2 heterocycles. The summed E-state index contributed by atoms with van der Waals surface area (Å²) in [6.45, 7) is 0. The normalized spacial score (nSPS) is 11.8. The molecule has 220 valence electrons. The minimum atomic E-state index is 1.14. The Kier molecular flexibility index (Phi) is 5.98. The first-order valence-corrected chi connectivity index (χ1v) is 17.6. The predicted molar refractivity (Wildman–Crippen MR) is 207 cm³/mol. The van der Waals surface area contributed by atoms with Crippen molar-refractivity contribution >= 4 is 102 Å². The zero-order chi connectivity index (χ0) is 30.9. The van der Waals surface area contributed by atoms with Gasteiger partial charge in [-0.2, -0.15) is 0 Å². The van der Waals surface area contributed by atoms with E-state index < -0.39 is 0 Å². The van der Waals surface area contributed by atoms with Crippen molar-refractivity contribution in [3.05, 3.63) is 164 Å². The summed E-state index contributed by atoms with van der Waals surface area (Å²) in [6, 6.07) is 60.2. The van der Waals surface area contributed by atoms with Gasteiger partial charge in [-0.3, -0.25) is 0 Å². The van der Waals surface area contributed by atoms with Crippen LogP contribution >= 0.6 is 22.7 Å². The van der Waals surface area contributed by atoms with E-state index >= 15 is 0 Å². The maximum Gasteiger partial charge on any atom is 0.0554 e. The van der Waals surface area contributed by atoms with Crippen LogP contribution in [0.2, 0.25) is 0 Å². The maximum absolute atomic E-state index is 2.46. The molecule has 0 aliphatic heterocycles. The lowest BCUT2D eigenvalue weighted by Crippen LogP contribution is -2.10. The molecule has 0 radical (unpaired) electrons. The van der Waals surface area contributed by atoms with E-state index in [-0.39, 0.29) is 0 Å². The summed E-state index contributed by atoms with van der Waals surface area (Å²) in [7, 11) is 0. The van der Waals surface area contributed by atoms with Gasteiger partial charge in [0.1, 0.15) is 0 Å². The highest BCUT2D eigenvalue weighted by Crippen LogP contribution is 2.47. The highest BCUT2D eigenvalue weighted by atomic mass is 32.1. The zero-order valence-electron chi connectivity index (χ0n) is 25.4. The molecule has 8 aromatic carbocycles. The van der Waals surface area contributed by atoms with E-state index in [0.717, 1.165) is 11.4 Å². The van der Waals surface area contributed by atoms with Gasteiger partial charge in [-0.05, 0) is 69.8 Å². The SMILES string of the molecule is c1ccc2c(-c3ccc(N(c4ccc5c(c4)sc4ccccc45)c4cc5sc6ccccc6c5c5ccccc45)cc3)cccc2c1. The third-order valence-corrected chi connectivity index (χ3v) is 11.7. The number of rotatable bonds is 4. The van der Waals surface area contributed by atoms with Crippen LogP contribution in [0.25, 0.3) is 73.0 Å². The van der Waals surface area contributed by atoms with E-state index in [1.54, 1.807) is 0 Å². The Hall–Kier alpha value is -5.48. The Balaban J connectivity index is 1.22. The molecule has 0 amide bonds. The van der Waals surface area contributed by atoms with E-state index in [1.165, 1.54) is 78.7 Å². The van der Waals surface area contributed by atoms with Crippen molar-refractivity contribution in [3.63, 3.8) is 0 Å². The van der Waals surface area contributed by atoms with Crippen molar-refractivity contribution in [1.82, 2.24) is 0 Å². The number of hydrogen-bond donors (Lipinski definition) is 0. The van der Waals surface area contributed by atoms with Crippen molar-refractivity contribution in [3.8, 4) is 11.1 Å². The molecule has 0 fully saturated rings. The molecule has 0 spiro atoms. The molecule has 0 aliphatic rings. The summed E-state index contributed by atoms with van der Waals surface area (Å²) in [5, 5.41) is 10.4. The topological polar surface area (TPSA) is 3.24 Å². The lowest BCUT2D eigenvalue weighted by Gasteiger charge is -2.27. The molecular weight excluding hydrogens is 607 g/mol. The molecule has 47 heavy (non-hydrogen) atoms. The number of anilines is 3. The van der Waals surface area contributed by atoms with Gasteiger partial charge < -0.3 is 4.90 Å². The van der Waals surface area contributed by atoms with Crippen LogP contribution in [0, 0.1) is 0 Å². The molecule has 0 saturated carbocycles. The summed E-state index contributed by atoms with van der Waals surface area (Å²) in [6.07, 6.45) is 0. The van der Waals surface area contributed by atoms with Crippen molar-refractivity contribution < 1.29 is 0 Å². The predicted octanol–water partition coefficient (Wildman–Crippen LogP) is 13.9. The molecule has 1 nitrogen and oxygen atoms in total. The molecule has 3 heteroatoms. The van der Waals surface area contributed by atoms with Gasteiger partial charge in [-0.25, -0.2) is 0 Å². The summed E-state index contributed by atoms with van der Waals surface area (Å²) < 4.78 is 5.25. The molecule has 10 aromatic rings. The number of hydrogen-bond acceptors (Lipinski definition) is 3. The Morgan fingerprint density at radius 1 is 0.362 bits per heavy atom. The quantitative estimate of drug-likeness (QED) is 0.186. The van der Waals surface area contributed by atoms with Gasteiger partial charge in [0.05, 0.1) is 5.69 Å². The van der Waals surface area contributed by atoms with Crippen LogP contribution in [0.4, 0.5) is 17.1 Å². The van der Waals surface area contributed by atoms with Crippen LogP contribution < -0.4 is 4.90 Å². The first-order valence-electron chi connectivity index (χ1n) is 15.9. The third kappa shape index (κ3) is 4.21. The maximum atomic E-state index is 2.46. The second-order valence-electron chi connectivity index (χ2n) is 12.1. The molecular formula is C44H27NS2. The van der Waals surface area contributed by atoms with Crippen LogP contribution in [0.5, 0.6) is 0 Å². The fourth-order valence-electron chi connectivity index (χ4n) is 7.30. The average Bonchev–Trinajstić information content (AvgIpc) is 3.70. The largest absolute Gasteiger partial charge is 0.310 e. The Bertz CT molecular complexity index is 2800. The van der Waals surface area contributed by atoms with Gasteiger partial charge in [-0.15, -0.1) is 22.7 Å². The Morgan fingerprint density at radius 2 is 0.957 bits per heavy atom. The van der Waals surface area contributed by atoms with Crippen LogP contribution in [-0.2, 0) is 0 Å². The summed E-state index contributed by atoms with van der Waals surface area (Å²) in [5.41, 5.74) is 5.96. The lowest BCUT2D eigenvalue weighted by atomic mass is 9.97. The van der Waals surface area contributed by atoms with Crippen LogP contribution in [0.1, 0.15) is 0 Å². The van der Waals surface area contributed by atoms with E-state index in [2.05, 4.69) is 169 Å². The van der Waals surface area contributed by atoms with Crippen LogP contribution in [0.3, 0.4) is 0 Å². The van der Waals surface area contributed by atoms with E-state index in [4.69, 9.17) is 0 Å². The van der Waals surface area contributed by atoms with Gasteiger partial charge in [0.2, 0.25) is 0 Å². The van der Waals surface area contributed by atoms with Crippen LogP contribution in [0.15, 0.2) is 164 Å². The number of fused-ring (bicyclic) bond motifs is 9. The molecule has 2 aromatic heterocycles. The highest BCUT2D eigenvalue weighted by molar-refractivity contribution is 7.26. The summed E-state index contributed by atoms with van der Waals surface area (Å²) in [5.74, 6) is 0. The Labute approximate surface area is 280 Å². The fraction of sp³-hybridized carbons (Fsp3) is 0. The molecule has 0 saturated heterocycles. The Morgan fingerprint density at radius 3 is 1.79 bits per heavy atom. The number of nitrogens with zero attached hydrogens (tertiary/aromatic N) is 1. The standard InChI is InChI=1S/C44H27NS2/c1-2-12-32-28(10-1)11-9-17-33(32)29-20-22-30(23-21-29)45(31-24-25-36-35-14-5-7-18-40(35)46-42(36)26-31)39-27-43-44(37-15-4-3-13-34(37)39)38-16-6-8-19-41(38)47-43/h1-27H. The minimum Gasteiger partial charge on any atom is -0.310 e. The van der Waals surface area contributed by atoms with E-state index in [0.29, 0.717) is 0 Å². The van der Waals surface area contributed by atoms with Crippen molar-refractivity contribution in [1.29, 1.82) is 0 Å². The van der Waals surface area contributed by atoms with E-state index in [1.807, 2.05) is 22.7 Å². The van der Waals surface area contributed by atoms with Gasteiger partial charge in [0.15, 0.2) is 0 Å².